The van der Waals surface area contributed by atoms with Crippen LogP contribution in [0.25, 0.3) is 0 Å². The van der Waals surface area contributed by atoms with Crippen LogP contribution in [-0.2, 0) is 4.74 Å². The van der Waals surface area contributed by atoms with E-state index in [0.29, 0.717) is 24.6 Å². The third kappa shape index (κ3) is 2.20. The van der Waals surface area contributed by atoms with Gasteiger partial charge in [-0.05, 0) is 32.1 Å². The smallest absolute Gasteiger partial charge is 0.102 e. The fraction of sp³-hybridized carbons (Fsp3) is 1.00. The van der Waals surface area contributed by atoms with Crippen molar-refractivity contribution in [3.05, 3.63) is 0 Å². The highest BCUT2D eigenvalue weighted by atomic mass is 19.1. The quantitative estimate of drug-likeness (QED) is 0.725. The molecule has 0 aromatic heterocycles. The van der Waals surface area contributed by atoms with E-state index in [1.807, 2.05) is 0 Å². The molecule has 2 saturated carbocycles. The molecule has 0 amide bonds. The molecule has 0 aliphatic heterocycles. The van der Waals surface area contributed by atoms with Crippen molar-refractivity contribution >= 4 is 0 Å². The maximum Gasteiger partial charge on any atom is 0.102 e. The van der Waals surface area contributed by atoms with Crippen molar-refractivity contribution in [3.8, 4) is 0 Å². The SMILES string of the molecule is COC1CC(NC2CCC(F)C2)C1. The molecule has 2 unspecified atom stereocenters. The summed E-state index contributed by atoms with van der Waals surface area (Å²) in [5.41, 5.74) is 0. The Kier molecular flexibility index (Phi) is 2.84. The first-order valence-corrected chi connectivity index (χ1v) is 5.21. The van der Waals surface area contributed by atoms with Gasteiger partial charge in [-0.1, -0.05) is 0 Å². The third-order valence-electron chi connectivity index (χ3n) is 3.27. The van der Waals surface area contributed by atoms with Gasteiger partial charge in [0.05, 0.1) is 6.10 Å². The Morgan fingerprint density at radius 1 is 1.15 bits per heavy atom. The number of hydrogen-bond acceptors (Lipinski definition) is 2. The predicted molar refractivity (Wildman–Crippen MR) is 49.5 cm³/mol. The third-order valence-corrected chi connectivity index (χ3v) is 3.27. The lowest BCUT2D eigenvalue weighted by molar-refractivity contribution is 0.0142. The van der Waals surface area contributed by atoms with Crippen LogP contribution in [0.1, 0.15) is 32.1 Å². The number of halogens is 1. The molecule has 0 saturated heterocycles. The molecule has 2 atom stereocenters. The minimum Gasteiger partial charge on any atom is -0.381 e. The van der Waals surface area contributed by atoms with Crippen molar-refractivity contribution in [2.24, 2.45) is 0 Å². The summed E-state index contributed by atoms with van der Waals surface area (Å²) in [7, 11) is 1.76. The molecular formula is C10H18FNO. The van der Waals surface area contributed by atoms with Gasteiger partial charge in [0.15, 0.2) is 0 Å². The second-order valence-corrected chi connectivity index (χ2v) is 4.30. The molecule has 2 aliphatic rings. The van der Waals surface area contributed by atoms with Crippen LogP contribution in [0.4, 0.5) is 4.39 Å². The van der Waals surface area contributed by atoms with Crippen LogP contribution in [0.15, 0.2) is 0 Å². The van der Waals surface area contributed by atoms with Gasteiger partial charge >= 0.3 is 0 Å². The van der Waals surface area contributed by atoms with Crippen molar-refractivity contribution in [2.45, 2.75) is 56.5 Å². The number of hydrogen-bond donors (Lipinski definition) is 1. The predicted octanol–water partition coefficient (Wildman–Crippen LogP) is 1.64. The highest BCUT2D eigenvalue weighted by Crippen LogP contribution is 2.27. The molecule has 1 N–H and O–H groups in total. The second-order valence-electron chi connectivity index (χ2n) is 4.30. The molecule has 3 heteroatoms. The monoisotopic (exact) mass is 187 g/mol. The lowest BCUT2D eigenvalue weighted by atomic mass is 9.88. The summed E-state index contributed by atoms with van der Waals surface area (Å²) in [6.45, 7) is 0. The molecule has 0 radical (unpaired) electrons. The Balaban J connectivity index is 1.64. The highest BCUT2D eigenvalue weighted by Gasteiger charge is 2.33. The van der Waals surface area contributed by atoms with Gasteiger partial charge in [0.2, 0.25) is 0 Å². The van der Waals surface area contributed by atoms with Gasteiger partial charge in [0, 0.05) is 19.2 Å². The largest absolute Gasteiger partial charge is 0.381 e. The molecule has 0 bridgehead atoms. The Hall–Kier alpha value is -0.150. The molecule has 2 rings (SSSR count). The molecule has 0 heterocycles. The molecule has 0 aromatic carbocycles. The van der Waals surface area contributed by atoms with Crippen molar-refractivity contribution in [1.29, 1.82) is 0 Å². The molecule has 2 nitrogen and oxygen atoms in total. The van der Waals surface area contributed by atoms with Crippen LogP contribution >= 0.6 is 0 Å². The van der Waals surface area contributed by atoms with Crippen molar-refractivity contribution < 1.29 is 9.13 Å². The Bertz CT molecular complexity index is 170. The summed E-state index contributed by atoms with van der Waals surface area (Å²) in [5, 5.41) is 3.49. The highest BCUT2D eigenvalue weighted by molar-refractivity contribution is 4.90. The number of rotatable bonds is 3. The van der Waals surface area contributed by atoms with E-state index in [2.05, 4.69) is 5.32 Å². The van der Waals surface area contributed by atoms with E-state index in [1.54, 1.807) is 7.11 Å². The van der Waals surface area contributed by atoms with Crippen LogP contribution in [0.2, 0.25) is 0 Å². The van der Waals surface area contributed by atoms with E-state index in [9.17, 15) is 4.39 Å². The summed E-state index contributed by atoms with van der Waals surface area (Å²) in [6, 6.07) is 1.01. The summed E-state index contributed by atoms with van der Waals surface area (Å²) in [6.07, 6.45) is 4.56. The summed E-state index contributed by atoms with van der Waals surface area (Å²) in [4.78, 5) is 0. The first-order valence-electron chi connectivity index (χ1n) is 5.21. The van der Waals surface area contributed by atoms with Gasteiger partial charge in [-0.15, -0.1) is 0 Å². The lowest BCUT2D eigenvalue weighted by Gasteiger charge is -2.36. The van der Waals surface area contributed by atoms with E-state index in [1.165, 1.54) is 0 Å². The van der Waals surface area contributed by atoms with E-state index < -0.39 is 6.17 Å². The minimum atomic E-state index is -0.559. The van der Waals surface area contributed by atoms with Crippen LogP contribution in [0.5, 0.6) is 0 Å². The summed E-state index contributed by atoms with van der Waals surface area (Å²) >= 11 is 0. The van der Waals surface area contributed by atoms with Gasteiger partial charge < -0.3 is 10.1 Å². The Morgan fingerprint density at radius 3 is 2.46 bits per heavy atom. The van der Waals surface area contributed by atoms with Crippen LogP contribution in [-0.4, -0.2) is 31.5 Å². The number of methoxy groups -OCH3 is 1. The van der Waals surface area contributed by atoms with E-state index in [-0.39, 0.29) is 0 Å². The average molecular weight is 187 g/mol. The first-order chi connectivity index (χ1) is 6.28. The van der Waals surface area contributed by atoms with Crippen LogP contribution in [0.3, 0.4) is 0 Å². The number of ether oxygens (including phenoxy) is 1. The Labute approximate surface area is 78.8 Å². The van der Waals surface area contributed by atoms with Crippen molar-refractivity contribution in [2.75, 3.05) is 7.11 Å². The van der Waals surface area contributed by atoms with Gasteiger partial charge in [-0.2, -0.15) is 0 Å². The summed E-state index contributed by atoms with van der Waals surface area (Å²) < 4.78 is 18.0. The maximum atomic E-state index is 12.8. The van der Waals surface area contributed by atoms with Gasteiger partial charge in [0.1, 0.15) is 6.17 Å². The van der Waals surface area contributed by atoms with Crippen molar-refractivity contribution in [1.82, 2.24) is 5.32 Å². The standard InChI is InChI=1S/C10H18FNO/c1-13-10-5-9(6-10)12-8-3-2-7(11)4-8/h7-10,12H,2-6H2,1H3. The fourth-order valence-electron chi connectivity index (χ4n) is 2.31. The van der Waals surface area contributed by atoms with Gasteiger partial charge in [-0.25, -0.2) is 4.39 Å². The molecule has 0 spiro atoms. The molecular weight excluding hydrogens is 169 g/mol. The zero-order valence-corrected chi connectivity index (χ0v) is 8.13. The zero-order valence-electron chi connectivity index (χ0n) is 8.13. The number of alkyl halides is 1. The van der Waals surface area contributed by atoms with E-state index in [0.717, 1.165) is 25.7 Å². The number of nitrogens with one attached hydrogen (secondary N) is 1. The molecule has 2 aliphatic carbocycles. The molecule has 76 valence electrons. The van der Waals surface area contributed by atoms with Crippen LogP contribution in [0, 0.1) is 0 Å². The fourth-order valence-corrected chi connectivity index (χ4v) is 2.31. The van der Waals surface area contributed by atoms with Gasteiger partial charge in [-0.3, -0.25) is 0 Å². The van der Waals surface area contributed by atoms with Crippen LogP contribution < -0.4 is 5.32 Å². The lowest BCUT2D eigenvalue weighted by Crippen LogP contribution is -2.48. The van der Waals surface area contributed by atoms with E-state index in [4.69, 9.17) is 4.74 Å². The molecule has 0 aromatic rings. The molecule has 13 heavy (non-hydrogen) atoms. The summed E-state index contributed by atoms with van der Waals surface area (Å²) in [5.74, 6) is 0. The maximum absolute atomic E-state index is 12.8. The zero-order chi connectivity index (χ0) is 9.26. The Morgan fingerprint density at radius 2 is 1.92 bits per heavy atom. The first kappa shape index (κ1) is 9.41. The van der Waals surface area contributed by atoms with Gasteiger partial charge in [0.25, 0.3) is 0 Å². The average Bonchev–Trinajstić information content (AvgIpc) is 2.43. The topological polar surface area (TPSA) is 21.3 Å². The van der Waals surface area contributed by atoms with Crippen molar-refractivity contribution in [3.63, 3.8) is 0 Å². The normalized spacial score (nSPS) is 44.8. The second kappa shape index (κ2) is 3.93. The molecule has 2 fully saturated rings. The van der Waals surface area contributed by atoms with E-state index >= 15 is 0 Å². The minimum absolute atomic E-state index is 0.429.